The molecule has 1 aromatic carbocycles. The van der Waals surface area contributed by atoms with E-state index in [1.165, 1.54) is 0 Å². The number of hydrogen-bond donors (Lipinski definition) is 2. The molecule has 0 radical (unpaired) electrons. The Morgan fingerprint density at radius 3 is 2.80 bits per heavy atom. The standard InChI is InChI=1S/C11H13N3S/c12-6-7-15-11-13-8-10(14-11)9-4-2-1-3-5-9/h1-5,8H,6-7,12H2,(H,13,14). The van der Waals surface area contributed by atoms with Gasteiger partial charge in [-0.1, -0.05) is 42.1 Å². The van der Waals surface area contributed by atoms with Gasteiger partial charge in [0.1, 0.15) is 0 Å². The molecule has 0 aliphatic rings. The lowest BCUT2D eigenvalue weighted by molar-refractivity contribution is 1.05. The van der Waals surface area contributed by atoms with Crippen LogP contribution in [0.5, 0.6) is 0 Å². The molecule has 0 amide bonds. The molecule has 0 saturated carbocycles. The van der Waals surface area contributed by atoms with Gasteiger partial charge in [0, 0.05) is 12.3 Å². The molecule has 3 N–H and O–H groups in total. The third kappa shape index (κ3) is 2.61. The zero-order valence-corrected chi connectivity index (χ0v) is 9.13. The van der Waals surface area contributed by atoms with Crippen molar-refractivity contribution in [3.63, 3.8) is 0 Å². The summed E-state index contributed by atoms with van der Waals surface area (Å²) >= 11 is 1.64. The van der Waals surface area contributed by atoms with Crippen molar-refractivity contribution >= 4 is 11.8 Å². The van der Waals surface area contributed by atoms with Crippen molar-refractivity contribution in [1.29, 1.82) is 0 Å². The van der Waals surface area contributed by atoms with Crippen LogP contribution in [-0.4, -0.2) is 22.3 Å². The maximum absolute atomic E-state index is 5.43. The van der Waals surface area contributed by atoms with Crippen molar-refractivity contribution in [2.75, 3.05) is 12.3 Å². The van der Waals surface area contributed by atoms with Gasteiger partial charge in [-0.25, -0.2) is 4.98 Å². The molecule has 78 valence electrons. The summed E-state index contributed by atoms with van der Waals surface area (Å²) in [7, 11) is 0. The first-order valence-corrected chi connectivity index (χ1v) is 5.82. The molecule has 2 rings (SSSR count). The van der Waals surface area contributed by atoms with Crippen molar-refractivity contribution in [3.8, 4) is 11.3 Å². The fraction of sp³-hybridized carbons (Fsp3) is 0.182. The molecule has 0 fully saturated rings. The number of nitrogens with zero attached hydrogens (tertiary/aromatic N) is 1. The van der Waals surface area contributed by atoms with Gasteiger partial charge in [0.05, 0.1) is 11.9 Å². The van der Waals surface area contributed by atoms with Crippen molar-refractivity contribution in [2.45, 2.75) is 5.16 Å². The molecule has 15 heavy (non-hydrogen) atoms. The molecule has 4 heteroatoms. The van der Waals surface area contributed by atoms with Gasteiger partial charge in [0.25, 0.3) is 0 Å². The Balaban J connectivity index is 2.14. The van der Waals surface area contributed by atoms with Gasteiger partial charge in [0.15, 0.2) is 5.16 Å². The molecule has 0 aliphatic carbocycles. The first-order valence-electron chi connectivity index (χ1n) is 4.83. The molecular weight excluding hydrogens is 206 g/mol. The minimum absolute atomic E-state index is 0.673. The van der Waals surface area contributed by atoms with E-state index < -0.39 is 0 Å². The van der Waals surface area contributed by atoms with Crippen molar-refractivity contribution in [2.24, 2.45) is 5.73 Å². The van der Waals surface area contributed by atoms with Crippen LogP contribution in [0.3, 0.4) is 0 Å². The summed E-state index contributed by atoms with van der Waals surface area (Å²) < 4.78 is 0. The van der Waals surface area contributed by atoms with Gasteiger partial charge < -0.3 is 10.7 Å². The summed E-state index contributed by atoms with van der Waals surface area (Å²) in [5.41, 5.74) is 7.64. The van der Waals surface area contributed by atoms with Crippen LogP contribution in [0.15, 0.2) is 41.7 Å². The van der Waals surface area contributed by atoms with Gasteiger partial charge in [-0.2, -0.15) is 0 Å². The fourth-order valence-electron chi connectivity index (χ4n) is 1.30. The summed E-state index contributed by atoms with van der Waals surface area (Å²) in [5.74, 6) is 0.891. The lowest BCUT2D eigenvalue weighted by Crippen LogP contribution is -2.01. The van der Waals surface area contributed by atoms with Crippen molar-refractivity contribution in [1.82, 2.24) is 9.97 Å². The van der Waals surface area contributed by atoms with Gasteiger partial charge in [-0.05, 0) is 5.56 Å². The largest absolute Gasteiger partial charge is 0.333 e. The molecule has 1 aromatic heterocycles. The van der Waals surface area contributed by atoms with Gasteiger partial charge >= 0.3 is 0 Å². The topological polar surface area (TPSA) is 54.7 Å². The third-order valence-corrected chi connectivity index (χ3v) is 2.91. The molecule has 3 nitrogen and oxygen atoms in total. The maximum atomic E-state index is 5.43. The highest BCUT2D eigenvalue weighted by Crippen LogP contribution is 2.20. The number of nitrogens with one attached hydrogen (secondary N) is 1. The normalized spacial score (nSPS) is 10.5. The average Bonchev–Trinajstić information content (AvgIpc) is 2.76. The minimum atomic E-state index is 0.673. The van der Waals surface area contributed by atoms with Crippen molar-refractivity contribution in [3.05, 3.63) is 36.5 Å². The summed E-state index contributed by atoms with van der Waals surface area (Å²) in [6.07, 6.45) is 1.86. The Morgan fingerprint density at radius 1 is 1.27 bits per heavy atom. The Kier molecular flexibility index (Phi) is 3.42. The van der Waals surface area contributed by atoms with E-state index in [1.54, 1.807) is 11.8 Å². The molecule has 1 heterocycles. The minimum Gasteiger partial charge on any atom is -0.333 e. The number of aromatic nitrogens is 2. The number of benzene rings is 1. The summed E-state index contributed by atoms with van der Waals surface area (Å²) in [6, 6.07) is 10.2. The van der Waals surface area contributed by atoms with Gasteiger partial charge in [-0.3, -0.25) is 0 Å². The maximum Gasteiger partial charge on any atom is 0.165 e. The van der Waals surface area contributed by atoms with Crippen molar-refractivity contribution < 1.29 is 0 Å². The highest BCUT2D eigenvalue weighted by atomic mass is 32.2. The smallest absolute Gasteiger partial charge is 0.165 e. The van der Waals surface area contributed by atoms with E-state index in [2.05, 4.69) is 22.1 Å². The number of H-pyrrole nitrogens is 1. The Labute approximate surface area is 93.1 Å². The van der Waals surface area contributed by atoms with E-state index in [1.807, 2.05) is 24.4 Å². The molecule has 0 unspecified atom stereocenters. The zero-order chi connectivity index (χ0) is 10.5. The second-order valence-corrected chi connectivity index (χ2v) is 4.19. The van der Waals surface area contributed by atoms with Crippen LogP contribution in [0.4, 0.5) is 0 Å². The second kappa shape index (κ2) is 5.00. The molecule has 0 atom stereocenters. The lowest BCUT2D eigenvalue weighted by Gasteiger charge is -1.96. The zero-order valence-electron chi connectivity index (χ0n) is 8.31. The number of imidazole rings is 1. The van der Waals surface area contributed by atoms with E-state index >= 15 is 0 Å². The number of rotatable bonds is 4. The number of nitrogens with two attached hydrogens (primary N) is 1. The first kappa shape index (κ1) is 10.3. The monoisotopic (exact) mass is 219 g/mol. The predicted molar refractivity (Wildman–Crippen MR) is 63.8 cm³/mol. The van der Waals surface area contributed by atoms with Crippen LogP contribution in [0.1, 0.15) is 0 Å². The van der Waals surface area contributed by atoms with Gasteiger partial charge in [0.2, 0.25) is 0 Å². The molecule has 0 bridgehead atoms. The van der Waals surface area contributed by atoms with E-state index in [-0.39, 0.29) is 0 Å². The molecule has 0 aliphatic heterocycles. The summed E-state index contributed by atoms with van der Waals surface area (Å²) in [5, 5.41) is 0.930. The van der Waals surface area contributed by atoms with E-state index in [4.69, 9.17) is 5.73 Å². The first-order chi connectivity index (χ1) is 7.40. The number of aromatic amines is 1. The van der Waals surface area contributed by atoms with Gasteiger partial charge in [-0.15, -0.1) is 0 Å². The Hall–Kier alpha value is -1.26. The highest BCUT2D eigenvalue weighted by molar-refractivity contribution is 7.99. The predicted octanol–water partition coefficient (Wildman–Crippen LogP) is 2.13. The van der Waals surface area contributed by atoms with E-state index in [0.717, 1.165) is 22.2 Å². The molecule has 0 saturated heterocycles. The summed E-state index contributed by atoms with van der Waals surface area (Å²) in [6.45, 7) is 0.673. The lowest BCUT2D eigenvalue weighted by atomic mass is 10.2. The fourth-order valence-corrected chi connectivity index (χ4v) is 1.92. The van der Waals surface area contributed by atoms with Crippen LogP contribution in [0.25, 0.3) is 11.3 Å². The quantitative estimate of drug-likeness (QED) is 0.774. The highest BCUT2D eigenvalue weighted by Gasteiger charge is 2.02. The number of hydrogen-bond acceptors (Lipinski definition) is 3. The average molecular weight is 219 g/mol. The molecule has 2 aromatic rings. The third-order valence-electron chi connectivity index (χ3n) is 1.99. The number of thioether (sulfide) groups is 1. The SMILES string of the molecule is NCCSc1ncc(-c2ccccc2)[nH]1. The van der Waals surface area contributed by atoms with Crippen LogP contribution >= 0.6 is 11.8 Å². The molecule has 0 spiro atoms. The van der Waals surface area contributed by atoms with Crippen LogP contribution < -0.4 is 5.73 Å². The van der Waals surface area contributed by atoms with Crippen LogP contribution in [0, 0.1) is 0 Å². The van der Waals surface area contributed by atoms with Crippen LogP contribution in [-0.2, 0) is 0 Å². The van der Waals surface area contributed by atoms with Crippen LogP contribution in [0.2, 0.25) is 0 Å². The second-order valence-electron chi connectivity index (χ2n) is 3.11. The summed E-state index contributed by atoms with van der Waals surface area (Å²) in [4.78, 5) is 7.54. The van der Waals surface area contributed by atoms with E-state index in [9.17, 15) is 0 Å². The van der Waals surface area contributed by atoms with E-state index in [0.29, 0.717) is 6.54 Å². The Morgan fingerprint density at radius 2 is 2.07 bits per heavy atom. The molecular formula is C11H13N3S. The Bertz CT molecular complexity index is 411.